The van der Waals surface area contributed by atoms with Gasteiger partial charge in [-0.05, 0) is 49.6 Å². The van der Waals surface area contributed by atoms with Crippen molar-refractivity contribution in [2.24, 2.45) is 0 Å². The number of carboxylic acid groups (broad SMARTS) is 2. The van der Waals surface area contributed by atoms with Gasteiger partial charge in [0, 0.05) is 30.1 Å². The number of fused-ring (bicyclic) bond motifs is 3. The minimum Gasteiger partial charge on any atom is -0.477 e. The van der Waals surface area contributed by atoms with Gasteiger partial charge in [0.15, 0.2) is 0 Å². The van der Waals surface area contributed by atoms with Crippen molar-refractivity contribution >= 4 is 11.9 Å². The summed E-state index contributed by atoms with van der Waals surface area (Å²) in [5.74, 6) is -2.79. The van der Waals surface area contributed by atoms with Crippen LogP contribution in [0.3, 0.4) is 0 Å². The van der Waals surface area contributed by atoms with E-state index in [-0.39, 0.29) is 0 Å². The smallest absolute Gasteiger partial charge is 0.477 e. The van der Waals surface area contributed by atoms with E-state index in [9.17, 15) is 23.1 Å². The van der Waals surface area contributed by atoms with E-state index in [0.29, 0.717) is 25.2 Å². The summed E-state index contributed by atoms with van der Waals surface area (Å²) in [6, 6.07) is 5.70. The lowest BCUT2D eigenvalue weighted by molar-refractivity contribution is -0.192. The summed E-state index contributed by atoms with van der Waals surface area (Å²) in [6.45, 7) is 1.97. The van der Waals surface area contributed by atoms with E-state index < -0.39 is 18.1 Å². The molecule has 4 rings (SSSR count). The van der Waals surface area contributed by atoms with Gasteiger partial charge in [0.25, 0.3) is 0 Å². The zero-order valence-electron chi connectivity index (χ0n) is 17.3. The lowest BCUT2D eigenvalue weighted by Crippen LogP contribution is -2.21. The van der Waals surface area contributed by atoms with Crippen molar-refractivity contribution in [1.29, 1.82) is 0 Å². The molecule has 3 N–H and O–H groups in total. The number of aryl methyl sites for hydroxylation is 2. The molecule has 0 bridgehead atoms. The molecule has 0 radical (unpaired) electrons. The molecule has 1 aliphatic rings. The molecule has 0 saturated heterocycles. The van der Waals surface area contributed by atoms with Crippen LogP contribution in [0.4, 0.5) is 13.2 Å². The lowest BCUT2D eigenvalue weighted by atomic mass is 9.90. The van der Waals surface area contributed by atoms with Gasteiger partial charge in [0.2, 0.25) is 0 Å². The van der Waals surface area contributed by atoms with Crippen LogP contribution in [0.2, 0.25) is 0 Å². The number of alkyl halides is 3. The summed E-state index contributed by atoms with van der Waals surface area (Å²) in [5.41, 5.74) is 4.06. The van der Waals surface area contributed by atoms with Gasteiger partial charge in [-0.15, -0.1) is 0 Å². The molecule has 0 atom stereocenters. The van der Waals surface area contributed by atoms with Crippen LogP contribution < -0.4 is 5.32 Å². The highest BCUT2D eigenvalue weighted by Crippen LogP contribution is 2.34. The molecule has 0 saturated carbocycles. The quantitative estimate of drug-likeness (QED) is 0.453. The van der Waals surface area contributed by atoms with E-state index in [4.69, 9.17) is 14.3 Å². The monoisotopic (exact) mass is 466 g/mol. The number of rotatable bonds is 7. The number of nitrogens with zero attached hydrogens (tertiary/aromatic N) is 3. The number of pyridine rings is 1. The van der Waals surface area contributed by atoms with Crippen molar-refractivity contribution in [3.05, 3.63) is 59.4 Å². The van der Waals surface area contributed by atoms with Crippen LogP contribution in [0.5, 0.6) is 0 Å². The van der Waals surface area contributed by atoms with Gasteiger partial charge < -0.3 is 19.9 Å². The van der Waals surface area contributed by atoms with Gasteiger partial charge in [0.05, 0.1) is 18.5 Å². The van der Waals surface area contributed by atoms with Gasteiger partial charge >= 0.3 is 18.1 Å². The van der Waals surface area contributed by atoms with Crippen molar-refractivity contribution in [2.45, 2.75) is 38.5 Å². The van der Waals surface area contributed by atoms with Crippen LogP contribution in [0.15, 0.2) is 41.3 Å². The summed E-state index contributed by atoms with van der Waals surface area (Å²) in [5, 5.41) is 24.7. The molecule has 3 aromatic rings. The van der Waals surface area contributed by atoms with E-state index in [1.165, 1.54) is 0 Å². The molecular formula is C21H21F3N4O5. The van der Waals surface area contributed by atoms with Gasteiger partial charge in [0.1, 0.15) is 11.5 Å². The fourth-order valence-electron chi connectivity index (χ4n) is 3.45. The molecule has 0 unspecified atom stereocenters. The zero-order chi connectivity index (χ0) is 24.0. The fraction of sp³-hybridized carbons (Fsp3) is 0.333. The van der Waals surface area contributed by atoms with Crippen LogP contribution >= 0.6 is 0 Å². The molecule has 0 aromatic carbocycles. The highest BCUT2D eigenvalue weighted by atomic mass is 19.4. The number of nitrogens with one attached hydrogen (secondary N) is 1. The first kappa shape index (κ1) is 24.0. The first-order chi connectivity index (χ1) is 15.7. The topological polar surface area (TPSA) is 130 Å². The number of carbonyl (C=O) groups is 2. The number of carboxylic acids is 2. The molecule has 0 aliphatic heterocycles. The van der Waals surface area contributed by atoms with E-state index in [1.807, 2.05) is 24.4 Å². The minimum atomic E-state index is -5.08. The first-order valence-corrected chi connectivity index (χ1v) is 9.98. The number of hydrogen-bond donors (Lipinski definition) is 3. The largest absolute Gasteiger partial charge is 0.490 e. The number of halogens is 3. The molecule has 9 nitrogen and oxygen atoms in total. The maximum absolute atomic E-state index is 11.8. The van der Waals surface area contributed by atoms with E-state index >= 15 is 0 Å². The molecule has 0 spiro atoms. The van der Waals surface area contributed by atoms with Crippen LogP contribution in [0.25, 0.3) is 11.3 Å². The molecule has 3 aromatic heterocycles. The normalized spacial score (nSPS) is 12.3. The SMILES string of the molecule is O=C(O)C(F)(F)F.O=C(O)c1c2c(nn1CCCNCc1ccco1)-c1ccncc1CC2. The lowest BCUT2D eigenvalue weighted by Gasteiger charge is -2.14. The van der Waals surface area contributed by atoms with E-state index in [2.05, 4.69) is 15.4 Å². The van der Waals surface area contributed by atoms with Crippen LogP contribution in [0, 0.1) is 0 Å². The maximum atomic E-state index is 11.8. The van der Waals surface area contributed by atoms with E-state index in [1.54, 1.807) is 17.1 Å². The Morgan fingerprint density at radius 2 is 1.97 bits per heavy atom. The predicted molar refractivity (Wildman–Crippen MR) is 109 cm³/mol. The standard InChI is InChI=1S/C19H20N4O3.C2HF3O2/c24-19(25)18-16-5-4-13-11-21-8-6-15(13)17(16)22-23(18)9-2-7-20-12-14-3-1-10-26-14;3-2(4,5)1(6)7/h1,3,6,8,10-11,20H,2,4-5,7,9,12H2,(H,24,25);(H,6,7). The van der Waals surface area contributed by atoms with Crippen molar-refractivity contribution in [2.75, 3.05) is 6.54 Å². The van der Waals surface area contributed by atoms with Crippen molar-refractivity contribution in [1.82, 2.24) is 20.1 Å². The number of aromatic carboxylic acids is 1. The number of furan rings is 1. The third-order valence-corrected chi connectivity index (χ3v) is 4.90. The number of aromatic nitrogens is 3. The van der Waals surface area contributed by atoms with E-state index in [0.717, 1.165) is 47.5 Å². The number of hydrogen-bond acceptors (Lipinski definition) is 6. The Labute approximate surface area is 185 Å². The van der Waals surface area contributed by atoms with Crippen LogP contribution in [-0.4, -0.2) is 49.6 Å². The Kier molecular flexibility index (Phi) is 7.48. The Bertz CT molecular complexity index is 1110. The highest BCUT2D eigenvalue weighted by Gasteiger charge is 2.38. The molecule has 3 heterocycles. The van der Waals surface area contributed by atoms with Gasteiger partial charge in [-0.25, -0.2) is 9.59 Å². The second-order valence-corrected chi connectivity index (χ2v) is 7.15. The number of aliphatic carboxylic acids is 1. The summed E-state index contributed by atoms with van der Waals surface area (Å²) in [4.78, 5) is 24.9. The third-order valence-electron chi connectivity index (χ3n) is 4.90. The molecule has 1 aliphatic carbocycles. The Morgan fingerprint density at radius 1 is 1.21 bits per heavy atom. The molecule has 0 fully saturated rings. The summed E-state index contributed by atoms with van der Waals surface area (Å²) in [6.07, 6.45) is 2.41. The predicted octanol–water partition coefficient (Wildman–Crippen LogP) is 3.15. The average Bonchev–Trinajstić information content (AvgIpc) is 3.40. The molecule has 0 amide bonds. The summed E-state index contributed by atoms with van der Waals surface area (Å²) in [7, 11) is 0. The fourth-order valence-corrected chi connectivity index (χ4v) is 3.45. The second-order valence-electron chi connectivity index (χ2n) is 7.15. The molecule has 33 heavy (non-hydrogen) atoms. The maximum Gasteiger partial charge on any atom is 0.490 e. The van der Waals surface area contributed by atoms with Crippen LogP contribution in [-0.2, 0) is 30.7 Å². The van der Waals surface area contributed by atoms with Crippen molar-refractivity contribution in [3.63, 3.8) is 0 Å². The first-order valence-electron chi connectivity index (χ1n) is 9.98. The second kappa shape index (κ2) is 10.3. The van der Waals surface area contributed by atoms with Gasteiger partial charge in [-0.2, -0.15) is 18.3 Å². The Hall–Kier alpha value is -3.67. The third kappa shape index (κ3) is 5.98. The summed E-state index contributed by atoms with van der Waals surface area (Å²) >= 11 is 0. The zero-order valence-corrected chi connectivity index (χ0v) is 17.3. The Morgan fingerprint density at radius 3 is 2.61 bits per heavy atom. The van der Waals surface area contributed by atoms with Crippen molar-refractivity contribution < 1.29 is 37.4 Å². The average molecular weight is 466 g/mol. The summed E-state index contributed by atoms with van der Waals surface area (Å²) < 4.78 is 38.6. The van der Waals surface area contributed by atoms with Crippen LogP contribution in [0.1, 0.15) is 33.8 Å². The Balaban J connectivity index is 0.000000383. The van der Waals surface area contributed by atoms with Gasteiger partial charge in [-0.3, -0.25) is 9.67 Å². The molecule has 176 valence electrons. The van der Waals surface area contributed by atoms with Crippen molar-refractivity contribution in [3.8, 4) is 11.3 Å². The highest BCUT2D eigenvalue weighted by molar-refractivity contribution is 5.90. The minimum absolute atomic E-state index is 0.313. The molecular weight excluding hydrogens is 445 g/mol. The van der Waals surface area contributed by atoms with Gasteiger partial charge in [-0.1, -0.05) is 0 Å². The molecule has 12 heteroatoms.